The Morgan fingerprint density at radius 3 is 2.50 bits per heavy atom. The molecule has 2 fully saturated rings. The summed E-state index contributed by atoms with van der Waals surface area (Å²) in [6.45, 7) is 2.27. The number of amides is 2. The molecule has 2 saturated heterocycles. The lowest BCUT2D eigenvalue weighted by molar-refractivity contribution is -0.154. The van der Waals surface area contributed by atoms with E-state index in [4.69, 9.17) is 16.3 Å². The highest BCUT2D eigenvalue weighted by Crippen LogP contribution is 2.65. The first-order valence-corrected chi connectivity index (χ1v) is 15.7. The maximum Gasteiger partial charge on any atom is 0.311 e. The van der Waals surface area contributed by atoms with Crippen LogP contribution in [0.1, 0.15) is 31.7 Å². The molecule has 0 aromatic heterocycles. The first kappa shape index (κ1) is 29.0. The number of aliphatic hydroxyl groups excluding tert-OH is 1. The van der Waals surface area contributed by atoms with Crippen molar-refractivity contribution in [2.75, 3.05) is 24.7 Å². The first-order chi connectivity index (χ1) is 20.3. The molecule has 1 unspecified atom stereocenters. The number of benzene rings is 2. The van der Waals surface area contributed by atoms with E-state index in [0.717, 1.165) is 24.8 Å². The zero-order valence-corrected chi connectivity index (χ0v) is 25.1. The highest BCUT2D eigenvalue weighted by molar-refractivity contribution is 8.02. The summed E-state index contributed by atoms with van der Waals surface area (Å²) in [5.41, 5.74) is 1.61. The molecule has 0 bridgehead atoms. The van der Waals surface area contributed by atoms with Gasteiger partial charge in [0.1, 0.15) is 6.04 Å². The average molecular weight is 607 g/mol. The van der Waals surface area contributed by atoms with Gasteiger partial charge in [0.15, 0.2) is 0 Å². The van der Waals surface area contributed by atoms with Crippen molar-refractivity contribution in [3.8, 4) is 0 Å². The lowest BCUT2D eigenvalue weighted by atomic mass is 9.74. The highest BCUT2D eigenvalue weighted by Gasteiger charge is 2.74. The zero-order valence-electron chi connectivity index (χ0n) is 23.5. The number of thioether (sulfide) groups is 1. The van der Waals surface area contributed by atoms with Crippen LogP contribution in [-0.2, 0) is 25.5 Å². The second kappa shape index (κ2) is 11.5. The summed E-state index contributed by atoms with van der Waals surface area (Å²) in [6, 6.07) is 15.1. The number of rotatable bonds is 5. The summed E-state index contributed by atoms with van der Waals surface area (Å²) >= 11 is 7.67. The molecule has 0 saturated carbocycles. The highest BCUT2D eigenvalue weighted by atomic mass is 35.5. The molecule has 0 radical (unpaired) electrons. The van der Waals surface area contributed by atoms with E-state index in [1.54, 1.807) is 34.1 Å². The molecule has 4 heterocycles. The average Bonchev–Trinajstić information content (AvgIpc) is 3.32. The van der Waals surface area contributed by atoms with Crippen molar-refractivity contribution in [3.63, 3.8) is 0 Å². The van der Waals surface area contributed by atoms with Crippen molar-refractivity contribution in [1.29, 1.82) is 0 Å². The number of allylic oxidation sites excluding steroid dienone is 1. The molecule has 2 aromatic rings. The summed E-state index contributed by atoms with van der Waals surface area (Å²) < 4.78 is 3.98. The molecule has 4 aliphatic rings. The minimum absolute atomic E-state index is 0.248. The van der Waals surface area contributed by atoms with Gasteiger partial charge in [-0.05, 0) is 62.4 Å². The predicted molar refractivity (Wildman–Crippen MR) is 164 cm³/mol. The van der Waals surface area contributed by atoms with Crippen molar-refractivity contribution < 1.29 is 24.2 Å². The molecule has 2 amide bonds. The Kier molecular flexibility index (Phi) is 7.98. The number of ether oxygens (including phenoxy) is 1. The number of nitrogens with zero attached hydrogens (tertiary/aromatic N) is 2. The maximum atomic E-state index is 14.7. The Hall–Kier alpha value is -3.07. The number of esters is 1. The molecule has 220 valence electrons. The summed E-state index contributed by atoms with van der Waals surface area (Å²) in [5.74, 6) is -2.57. The van der Waals surface area contributed by atoms with Gasteiger partial charge in [-0.1, -0.05) is 66.2 Å². The number of cyclic esters (lactones) is 1. The van der Waals surface area contributed by atoms with E-state index in [2.05, 4.69) is 6.08 Å². The Balaban J connectivity index is 1.49. The summed E-state index contributed by atoms with van der Waals surface area (Å²) in [4.78, 5) is 46.5. The molecular weight excluding hydrogens is 572 g/mol. The number of halogens is 1. The van der Waals surface area contributed by atoms with Crippen LogP contribution in [0.5, 0.6) is 0 Å². The Labute approximate surface area is 255 Å². The number of anilines is 1. The van der Waals surface area contributed by atoms with Gasteiger partial charge in [-0.15, -0.1) is 11.8 Å². The first-order valence-electron chi connectivity index (χ1n) is 14.6. The minimum atomic E-state index is -1.03. The number of hydrogen-bond donors (Lipinski definition) is 1. The van der Waals surface area contributed by atoms with E-state index >= 15 is 0 Å². The van der Waals surface area contributed by atoms with Crippen LogP contribution in [-0.4, -0.2) is 69.1 Å². The standard InChI is InChI=1S/C33H35ClN2O5S/c1-32-16-7-2-3-8-19-41-31(40)27(32)26-29(38)36(25(21-37)20-22-10-5-4-6-11-22)28-30(39)35(18-9-17-33(26,28)42-32)24-14-12-23(34)13-15-24/h4-7,9-17,25-28,37H,2-3,8,18-21H2,1H3/b16-7-/t25-,26+,27-,28?,32+,33+/m1/s1. The van der Waals surface area contributed by atoms with E-state index in [-0.39, 0.29) is 18.4 Å². The lowest BCUT2D eigenvalue weighted by Crippen LogP contribution is -2.57. The van der Waals surface area contributed by atoms with E-state index < -0.39 is 39.4 Å². The van der Waals surface area contributed by atoms with Crippen molar-refractivity contribution in [3.05, 3.63) is 89.5 Å². The van der Waals surface area contributed by atoms with Gasteiger partial charge in [-0.2, -0.15) is 0 Å². The van der Waals surface area contributed by atoms with Crippen molar-refractivity contribution in [1.82, 2.24) is 4.90 Å². The van der Waals surface area contributed by atoms with E-state index in [1.165, 1.54) is 11.8 Å². The largest absolute Gasteiger partial charge is 0.465 e. The summed E-state index contributed by atoms with van der Waals surface area (Å²) in [5, 5.41) is 11.3. The fourth-order valence-corrected chi connectivity index (χ4v) is 9.39. The monoisotopic (exact) mass is 606 g/mol. The molecule has 42 heavy (non-hydrogen) atoms. The second-order valence-corrected chi connectivity index (χ2v) is 13.9. The van der Waals surface area contributed by atoms with E-state index in [9.17, 15) is 19.5 Å². The lowest BCUT2D eigenvalue weighted by Gasteiger charge is -2.40. The number of fused-ring (bicyclic) bond motifs is 2. The van der Waals surface area contributed by atoms with E-state index in [0.29, 0.717) is 30.3 Å². The molecule has 2 aromatic carbocycles. The van der Waals surface area contributed by atoms with Gasteiger partial charge >= 0.3 is 5.97 Å². The Morgan fingerprint density at radius 1 is 1.00 bits per heavy atom. The predicted octanol–water partition coefficient (Wildman–Crippen LogP) is 4.82. The van der Waals surface area contributed by atoms with E-state index in [1.807, 2.05) is 55.5 Å². The van der Waals surface area contributed by atoms with Gasteiger partial charge < -0.3 is 19.6 Å². The molecule has 1 N–H and O–H groups in total. The van der Waals surface area contributed by atoms with Crippen molar-refractivity contribution >= 4 is 46.8 Å². The molecule has 7 nitrogen and oxygen atoms in total. The normalized spacial score (nSPS) is 32.5. The topological polar surface area (TPSA) is 87.1 Å². The smallest absolute Gasteiger partial charge is 0.311 e. The quantitative estimate of drug-likeness (QED) is 0.388. The van der Waals surface area contributed by atoms with Gasteiger partial charge in [-0.3, -0.25) is 14.4 Å². The van der Waals surface area contributed by atoms with Crippen LogP contribution in [0.2, 0.25) is 5.02 Å². The van der Waals surface area contributed by atoms with Crippen LogP contribution in [0, 0.1) is 11.8 Å². The number of aliphatic hydroxyl groups is 1. The van der Waals surface area contributed by atoms with Gasteiger partial charge in [-0.25, -0.2) is 0 Å². The summed E-state index contributed by atoms with van der Waals surface area (Å²) in [7, 11) is 0. The van der Waals surface area contributed by atoms with Crippen LogP contribution in [0.3, 0.4) is 0 Å². The fourth-order valence-electron chi connectivity index (χ4n) is 7.12. The molecule has 4 aliphatic heterocycles. The Bertz CT molecular complexity index is 1420. The third-order valence-corrected chi connectivity index (χ3v) is 11.0. The summed E-state index contributed by atoms with van der Waals surface area (Å²) in [6.07, 6.45) is 10.9. The Morgan fingerprint density at radius 2 is 1.76 bits per heavy atom. The van der Waals surface area contributed by atoms with Crippen LogP contribution in [0.15, 0.2) is 78.9 Å². The fraction of sp³-hybridized carbons (Fsp3) is 0.424. The van der Waals surface area contributed by atoms with Crippen molar-refractivity contribution in [2.45, 2.75) is 54.2 Å². The molecule has 9 heteroatoms. The van der Waals surface area contributed by atoms with Crippen LogP contribution >= 0.6 is 23.4 Å². The number of hydrogen-bond acceptors (Lipinski definition) is 6. The van der Waals surface area contributed by atoms with Gasteiger partial charge in [0, 0.05) is 22.0 Å². The van der Waals surface area contributed by atoms with Crippen LogP contribution in [0.25, 0.3) is 0 Å². The van der Waals surface area contributed by atoms with Crippen molar-refractivity contribution in [2.24, 2.45) is 11.8 Å². The van der Waals surface area contributed by atoms with Gasteiger partial charge in [0.05, 0.1) is 35.8 Å². The number of likely N-dealkylation sites (tertiary alicyclic amines) is 1. The molecular formula is C33H35ClN2O5S. The second-order valence-electron chi connectivity index (χ2n) is 11.7. The maximum absolute atomic E-state index is 14.7. The molecule has 1 spiro atoms. The zero-order chi connectivity index (χ0) is 29.5. The minimum Gasteiger partial charge on any atom is -0.465 e. The van der Waals surface area contributed by atoms with Crippen LogP contribution in [0.4, 0.5) is 5.69 Å². The van der Waals surface area contributed by atoms with Gasteiger partial charge in [0.2, 0.25) is 5.91 Å². The molecule has 0 aliphatic carbocycles. The number of carbonyl (C=O) groups excluding carboxylic acids is 3. The number of carbonyl (C=O) groups is 3. The third-order valence-electron chi connectivity index (χ3n) is 8.99. The SMILES string of the molecule is C[C@]12/C=C\CCCCOC(=O)[C@H]1[C@H]1C(=O)N([C@@H](CO)Cc3ccccc3)C3C(=O)N(c4ccc(Cl)cc4)CC=C[C@@]31S2. The molecule has 6 atom stereocenters. The third kappa shape index (κ3) is 4.87. The van der Waals surface area contributed by atoms with Crippen LogP contribution < -0.4 is 4.90 Å². The van der Waals surface area contributed by atoms with Gasteiger partial charge in [0.25, 0.3) is 5.91 Å². The molecule has 6 rings (SSSR count).